The number of hydrogen-bond acceptors (Lipinski definition) is 2. The highest BCUT2D eigenvalue weighted by Gasteiger charge is 2.05. The summed E-state index contributed by atoms with van der Waals surface area (Å²) in [6.07, 6.45) is 3.11. The van der Waals surface area contributed by atoms with Crippen LogP contribution in [0.5, 0.6) is 0 Å². The number of carboxylic acids is 1. The smallest absolute Gasteiger partial charge is 0.335 e. The molecule has 1 aromatic carbocycles. The second-order valence-corrected chi connectivity index (χ2v) is 2.68. The SMILES string of the molecule is NCC=Cc1ccc(C(=O)O)cc1F. The minimum atomic E-state index is -1.14. The number of carboxylic acid groups (broad SMARTS) is 1. The van der Waals surface area contributed by atoms with E-state index in [1.54, 1.807) is 6.08 Å². The summed E-state index contributed by atoms with van der Waals surface area (Å²) in [7, 11) is 0. The summed E-state index contributed by atoms with van der Waals surface area (Å²) in [4.78, 5) is 10.5. The van der Waals surface area contributed by atoms with Crippen LogP contribution in [0.3, 0.4) is 0 Å². The van der Waals surface area contributed by atoms with Gasteiger partial charge in [-0.25, -0.2) is 9.18 Å². The molecule has 0 atom stereocenters. The third-order valence-electron chi connectivity index (χ3n) is 1.68. The first-order valence-corrected chi connectivity index (χ1v) is 4.04. The Morgan fingerprint density at radius 3 is 2.79 bits per heavy atom. The number of halogens is 1. The van der Waals surface area contributed by atoms with Gasteiger partial charge in [0, 0.05) is 12.1 Å². The number of rotatable bonds is 3. The molecule has 0 bridgehead atoms. The Kier molecular flexibility index (Phi) is 3.36. The largest absolute Gasteiger partial charge is 0.478 e. The minimum absolute atomic E-state index is 0.0626. The molecular formula is C10H10FNO2. The molecular weight excluding hydrogens is 185 g/mol. The highest BCUT2D eigenvalue weighted by Crippen LogP contribution is 2.11. The predicted octanol–water partition coefficient (Wildman–Crippen LogP) is 1.50. The van der Waals surface area contributed by atoms with E-state index in [0.717, 1.165) is 6.07 Å². The van der Waals surface area contributed by atoms with Crippen molar-refractivity contribution in [3.05, 3.63) is 41.2 Å². The van der Waals surface area contributed by atoms with Crippen molar-refractivity contribution in [3.8, 4) is 0 Å². The van der Waals surface area contributed by atoms with Crippen LogP contribution in [0.25, 0.3) is 6.08 Å². The van der Waals surface area contributed by atoms with Crippen LogP contribution in [0.15, 0.2) is 24.3 Å². The Bertz CT molecular complexity index is 374. The van der Waals surface area contributed by atoms with E-state index < -0.39 is 11.8 Å². The summed E-state index contributed by atoms with van der Waals surface area (Å²) in [5.74, 6) is -1.70. The van der Waals surface area contributed by atoms with Gasteiger partial charge in [0.15, 0.2) is 0 Å². The second-order valence-electron chi connectivity index (χ2n) is 2.68. The van der Waals surface area contributed by atoms with E-state index in [-0.39, 0.29) is 5.56 Å². The third kappa shape index (κ3) is 2.40. The average molecular weight is 195 g/mol. The molecule has 0 fully saturated rings. The highest BCUT2D eigenvalue weighted by molar-refractivity contribution is 5.87. The summed E-state index contributed by atoms with van der Waals surface area (Å²) in [6, 6.07) is 3.74. The molecule has 0 heterocycles. The molecule has 4 heteroatoms. The molecule has 0 unspecified atom stereocenters. The van der Waals surface area contributed by atoms with E-state index >= 15 is 0 Å². The maximum Gasteiger partial charge on any atom is 0.335 e. The van der Waals surface area contributed by atoms with Crippen LogP contribution in [0.2, 0.25) is 0 Å². The minimum Gasteiger partial charge on any atom is -0.478 e. The standard InChI is InChI=1S/C10H10FNO2/c11-9-6-8(10(13)14)4-3-7(9)2-1-5-12/h1-4,6H,5,12H2,(H,13,14). The van der Waals surface area contributed by atoms with Crippen molar-refractivity contribution in [2.24, 2.45) is 5.73 Å². The molecule has 14 heavy (non-hydrogen) atoms. The molecule has 3 N–H and O–H groups in total. The molecule has 0 aliphatic carbocycles. The van der Waals surface area contributed by atoms with Gasteiger partial charge in [0.25, 0.3) is 0 Å². The van der Waals surface area contributed by atoms with Crippen molar-refractivity contribution in [2.45, 2.75) is 0 Å². The van der Waals surface area contributed by atoms with Gasteiger partial charge in [0.05, 0.1) is 5.56 Å². The third-order valence-corrected chi connectivity index (χ3v) is 1.68. The Labute approximate surface area is 80.7 Å². The zero-order valence-electron chi connectivity index (χ0n) is 7.40. The van der Waals surface area contributed by atoms with Crippen LogP contribution in [-0.4, -0.2) is 17.6 Å². The summed E-state index contributed by atoms with van der Waals surface area (Å²) in [6.45, 7) is 0.320. The molecule has 3 nitrogen and oxygen atoms in total. The number of nitrogens with two attached hydrogens (primary N) is 1. The van der Waals surface area contributed by atoms with Gasteiger partial charge in [-0.15, -0.1) is 0 Å². The van der Waals surface area contributed by atoms with Gasteiger partial charge < -0.3 is 10.8 Å². The van der Waals surface area contributed by atoms with Crippen LogP contribution in [0.1, 0.15) is 15.9 Å². The van der Waals surface area contributed by atoms with Crippen LogP contribution in [0.4, 0.5) is 4.39 Å². The number of benzene rings is 1. The molecule has 1 rings (SSSR count). The summed E-state index contributed by atoms with van der Waals surface area (Å²) in [5, 5.41) is 8.57. The lowest BCUT2D eigenvalue weighted by atomic mass is 10.1. The molecule has 1 aromatic rings. The van der Waals surface area contributed by atoms with Gasteiger partial charge in [0.2, 0.25) is 0 Å². The van der Waals surface area contributed by atoms with Crippen LogP contribution in [0, 0.1) is 5.82 Å². The molecule has 74 valence electrons. The van der Waals surface area contributed by atoms with E-state index in [0.29, 0.717) is 12.1 Å². The Morgan fingerprint density at radius 1 is 1.57 bits per heavy atom. The quantitative estimate of drug-likeness (QED) is 0.768. The zero-order valence-corrected chi connectivity index (χ0v) is 7.40. The van der Waals surface area contributed by atoms with Gasteiger partial charge in [-0.1, -0.05) is 18.2 Å². The zero-order chi connectivity index (χ0) is 10.6. The molecule has 0 amide bonds. The second kappa shape index (κ2) is 4.53. The lowest BCUT2D eigenvalue weighted by molar-refractivity contribution is 0.0696. The molecule has 0 aromatic heterocycles. The lowest BCUT2D eigenvalue weighted by Gasteiger charge is -1.98. The fourth-order valence-corrected chi connectivity index (χ4v) is 0.990. The van der Waals surface area contributed by atoms with Gasteiger partial charge >= 0.3 is 5.97 Å². The fourth-order valence-electron chi connectivity index (χ4n) is 0.990. The van der Waals surface area contributed by atoms with Crippen LogP contribution >= 0.6 is 0 Å². The van der Waals surface area contributed by atoms with E-state index in [4.69, 9.17) is 10.8 Å². The topological polar surface area (TPSA) is 63.3 Å². The first-order valence-electron chi connectivity index (χ1n) is 4.04. The van der Waals surface area contributed by atoms with E-state index in [1.807, 2.05) is 0 Å². The fraction of sp³-hybridized carbons (Fsp3) is 0.100. The van der Waals surface area contributed by atoms with E-state index in [2.05, 4.69) is 0 Å². The first-order chi connectivity index (χ1) is 6.65. The van der Waals surface area contributed by atoms with Crippen molar-refractivity contribution in [1.82, 2.24) is 0 Å². The Morgan fingerprint density at radius 2 is 2.29 bits per heavy atom. The monoisotopic (exact) mass is 195 g/mol. The molecule has 0 aliphatic heterocycles. The maximum absolute atomic E-state index is 13.2. The lowest BCUT2D eigenvalue weighted by Crippen LogP contribution is -1.98. The van der Waals surface area contributed by atoms with Gasteiger partial charge in [-0.2, -0.15) is 0 Å². The van der Waals surface area contributed by atoms with Crippen molar-refractivity contribution in [3.63, 3.8) is 0 Å². The van der Waals surface area contributed by atoms with E-state index in [1.165, 1.54) is 18.2 Å². The molecule has 0 radical (unpaired) electrons. The van der Waals surface area contributed by atoms with Gasteiger partial charge in [0.1, 0.15) is 5.82 Å². The van der Waals surface area contributed by atoms with Crippen molar-refractivity contribution in [2.75, 3.05) is 6.54 Å². The number of hydrogen-bond donors (Lipinski definition) is 2. The summed E-state index contributed by atoms with van der Waals surface area (Å²) in [5.41, 5.74) is 5.47. The molecule has 0 saturated carbocycles. The summed E-state index contributed by atoms with van der Waals surface area (Å²) >= 11 is 0. The Hall–Kier alpha value is -1.68. The summed E-state index contributed by atoms with van der Waals surface area (Å²) < 4.78 is 13.2. The number of carbonyl (C=O) groups is 1. The molecule has 0 spiro atoms. The van der Waals surface area contributed by atoms with Crippen molar-refractivity contribution < 1.29 is 14.3 Å². The number of aromatic carboxylic acids is 1. The van der Waals surface area contributed by atoms with Gasteiger partial charge in [-0.3, -0.25) is 0 Å². The van der Waals surface area contributed by atoms with Crippen LogP contribution < -0.4 is 5.73 Å². The van der Waals surface area contributed by atoms with Gasteiger partial charge in [-0.05, 0) is 12.1 Å². The van der Waals surface area contributed by atoms with Crippen molar-refractivity contribution >= 4 is 12.0 Å². The molecule has 0 saturated heterocycles. The highest BCUT2D eigenvalue weighted by atomic mass is 19.1. The molecule has 0 aliphatic rings. The predicted molar refractivity (Wildman–Crippen MR) is 51.4 cm³/mol. The Balaban J connectivity index is 3.01. The first kappa shape index (κ1) is 10.4. The normalized spacial score (nSPS) is 10.7. The van der Waals surface area contributed by atoms with Crippen LogP contribution in [-0.2, 0) is 0 Å². The van der Waals surface area contributed by atoms with E-state index in [9.17, 15) is 9.18 Å². The average Bonchev–Trinajstić information content (AvgIpc) is 2.15. The van der Waals surface area contributed by atoms with Crippen molar-refractivity contribution in [1.29, 1.82) is 0 Å². The maximum atomic E-state index is 13.2.